The van der Waals surface area contributed by atoms with Crippen molar-refractivity contribution in [2.24, 2.45) is 0 Å². The average Bonchev–Trinajstić information content (AvgIpc) is 3.03. The van der Waals surface area contributed by atoms with Crippen LogP contribution in [-0.2, 0) is 6.54 Å². The maximum atomic E-state index is 5.92. The molecule has 0 spiro atoms. The summed E-state index contributed by atoms with van der Waals surface area (Å²) in [6, 6.07) is 25.3. The summed E-state index contributed by atoms with van der Waals surface area (Å²) in [5.74, 6) is 1.95. The lowest BCUT2D eigenvalue weighted by Gasteiger charge is -2.09. The molecule has 0 unspecified atom stereocenters. The molecule has 0 aliphatic carbocycles. The number of benzene rings is 2. The standard InChI is InChI=1S/C19H19NO/c1-15(16-8-4-2-5-9-16)20-14-18-12-13-19(21-18)17-10-6-3-7-11-17/h2-13,15,20H,14H2,1H3/p+1/t15-/m1/s1. The highest BCUT2D eigenvalue weighted by Gasteiger charge is 2.10. The van der Waals surface area contributed by atoms with E-state index in [1.54, 1.807) is 0 Å². The van der Waals surface area contributed by atoms with Crippen LogP contribution in [0, 0.1) is 0 Å². The molecule has 0 aliphatic heterocycles. The van der Waals surface area contributed by atoms with Crippen LogP contribution in [0.3, 0.4) is 0 Å². The molecule has 2 N–H and O–H groups in total. The highest BCUT2D eigenvalue weighted by molar-refractivity contribution is 5.57. The molecule has 106 valence electrons. The topological polar surface area (TPSA) is 29.8 Å². The Kier molecular flexibility index (Phi) is 4.17. The van der Waals surface area contributed by atoms with E-state index in [0.717, 1.165) is 23.6 Å². The third-order valence-electron chi connectivity index (χ3n) is 3.72. The van der Waals surface area contributed by atoms with E-state index in [-0.39, 0.29) is 0 Å². The molecule has 2 heteroatoms. The average molecular weight is 278 g/mol. The number of furan rings is 1. The van der Waals surface area contributed by atoms with Crippen LogP contribution in [-0.4, -0.2) is 0 Å². The van der Waals surface area contributed by atoms with Crippen molar-refractivity contribution in [3.05, 3.63) is 84.1 Å². The molecule has 1 heterocycles. The van der Waals surface area contributed by atoms with Crippen LogP contribution in [0.4, 0.5) is 0 Å². The molecule has 0 amide bonds. The molecular weight excluding hydrogens is 258 g/mol. The van der Waals surface area contributed by atoms with Gasteiger partial charge in [-0.3, -0.25) is 0 Å². The van der Waals surface area contributed by atoms with E-state index in [9.17, 15) is 0 Å². The first kappa shape index (κ1) is 13.7. The fraction of sp³-hybridized carbons (Fsp3) is 0.158. The predicted octanol–water partition coefficient (Wildman–Crippen LogP) is 3.77. The lowest BCUT2D eigenvalue weighted by atomic mass is 10.1. The van der Waals surface area contributed by atoms with E-state index in [0.29, 0.717) is 6.04 Å². The second-order valence-corrected chi connectivity index (χ2v) is 5.27. The van der Waals surface area contributed by atoms with E-state index < -0.39 is 0 Å². The van der Waals surface area contributed by atoms with Crippen molar-refractivity contribution >= 4 is 0 Å². The van der Waals surface area contributed by atoms with Crippen LogP contribution in [0.2, 0.25) is 0 Å². The molecule has 2 nitrogen and oxygen atoms in total. The van der Waals surface area contributed by atoms with Crippen LogP contribution >= 0.6 is 0 Å². The summed E-state index contributed by atoms with van der Waals surface area (Å²) < 4.78 is 5.92. The van der Waals surface area contributed by atoms with Crippen LogP contribution in [0.5, 0.6) is 0 Å². The summed E-state index contributed by atoms with van der Waals surface area (Å²) in [5, 5.41) is 2.29. The Morgan fingerprint density at radius 3 is 2.24 bits per heavy atom. The van der Waals surface area contributed by atoms with Gasteiger partial charge >= 0.3 is 0 Å². The number of nitrogens with two attached hydrogens (primary N) is 1. The Morgan fingerprint density at radius 1 is 0.857 bits per heavy atom. The smallest absolute Gasteiger partial charge is 0.158 e. The van der Waals surface area contributed by atoms with Gasteiger partial charge in [-0.05, 0) is 19.1 Å². The zero-order valence-electron chi connectivity index (χ0n) is 12.2. The molecule has 1 atom stereocenters. The zero-order chi connectivity index (χ0) is 14.5. The molecule has 0 bridgehead atoms. The van der Waals surface area contributed by atoms with Crippen LogP contribution in [0.25, 0.3) is 11.3 Å². The maximum Gasteiger partial charge on any atom is 0.158 e. The Hall–Kier alpha value is -2.32. The van der Waals surface area contributed by atoms with Gasteiger partial charge in [0.1, 0.15) is 18.3 Å². The van der Waals surface area contributed by atoms with Crippen molar-refractivity contribution in [2.75, 3.05) is 0 Å². The Bertz CT molecular complexity index is 673. The van der Waals surface area contributed by atoms with Gasteiger partial charge in [0.15, 0.2) is 5.76 Å². The molecule has 2 aromatic carbocycles. The summed E-state index contributed by atoms with van der Waals surface area (Å²) in [6.45, 7) is 3.07. The fourth-order valence-electron chi connectivity index (χ4n) is 2.43. The molecular formula is C19H20NO+. The second kappa shape index (κ2) is 6.42. The molecule has 21 heavy (non-hydrogen) atoms. The fourth-order valence-corrected chi connectivity index (χ4v) is 2.43. The van der Waals surface area contributed by atoms with Crippen LogP contribution < -0.4 is 5.32 Å². The van der Waals surface area contributed by atoms with E-state index in [1.807, 2.05) is 24.3 Å². The van der Waals surface area contributed by atoms with Gasteiger partial charge in [0.25, 0.3) is 0 Å². The first-order valence-corrected chi connectivity index (χ1v) is 7.35. The summed E-state index contributed by atoms with van der Waals surface area (Å²) in [4.78, 5) is 0. The monoisotopic (exact) mass is 278 g/mol. The van der Waals surface area contributed by atoms with Gasteiger partial charge in [0.2, 0.25) is 0 Å². The molecule has 1 aromatic heterocycles. The minimum Gasteiger partial charge on any atom is -0.455 e. The normalized spacial score (nSPS) is 12.2. The number of rotatable bonds is 5. The molecule has 3 rings (SSSR count). The number of quaternary nitrogens is 1. The van der Waals surface area contributed by atoms with Gasteiger partial charge in [-0.1, -0.05) is 60.7 Å². The van der Waals surface area contributed by atoms with Crippen molar-refractivity contribution in [1.29, 1.82) is 0 Å². The molecule has 0 radical (unpaired) electrons. The minimum absolute atomic E-state index is 0.427. The third-order valence-corrected chi connectivity index (χ3v) is 3.72. The van der Waals surface area contributed by atoms with Gasteiger partial charge in [-0.2, -0.15) is 0 Å². The van der Waals surface area contributed by atoms with Gasteiger partial charge < -0.3 is 9.73 Å². The Labute approximate surface area is 125 Å². The quantitative estimate of drug-likeness (QED) is 0.756. The maximum absolute atomic E-state index is 5.92. The molecule has 0 fully saturated rings. The number of hydrogen-bond donors (Lipinski definition) is 1. The van der Waals surface area contributed by atoms with Crippen molar-refractivity contribution in [1.82, 2.24) is 0 Å². The van der Waals surface area contributed by atoms with Crippen molar-refractivity contribution < 1.29 is 9.73 Å². The van der Waals surface area contributed by atoms with Gasteiger partial charge in [0, 0.05) is 11.1 Å². The van der Waals surface area contributed by atoms with Crippen molar-refractivity contribution in [2.45, 2.75) is 19.5 Å². The zero-order valence-corrected chi connectivity index (χ0v) is 12.2. The Morgan fingerprint density at radius 2 is 1.52 bits per heavy atom. The summed E-state index contributed by atoms with van der Waals surface area (Å²) in [6.07, 6.45) is 0. The predicted molar refractivity (Wildman–Crippen MR) is 84.6 cm³/mol. The molecule has 0 saturated carbocycles. The van der Waals surface area contributed by atoms with E-state index in [2.05, 4.69) is 60.8 Å². The van der Waals surface area contributed by atoms with E-state index >= 15 is 0 Å². The molecule has 0 aliphatic rings. The minimum atomic E-state index is 0.427. The number of hydrogen-bond acceptors (Lipinski definition) is 1. The first-order chi connectivity index (χ1) is 10.3. The third kappa shape index (κ3) is 3.41. The van der Waals surface area contributed by atoms with Crippen molar-refractivity contribution in [3.63, 3.8) is 0 Å². The SMILES string of the molecule is C[C@@H]([NH2+]Cc1ccc(-c2ccccc2)o1)c1ccccc1. The highest BCUT2D eigenvalue weighted by Crippen LogP contribution is 2.21. The molecule has 3 aromatic rings. The van der Waals surface area contributed by atoms with E-state index in [1.165, 1.54) is 5.56 Å². The van der Waals surface area contributed by atoms with Crippen LogP contribution in [0.1, 0.15) is 24.3 Å². The van der Waals surface area contributed by atoms with Gasteiger partial charge in [0.05, 0.1) is 0 Å². The van der Waals surface area contributed by atoms with E-state index in [4.69, 9.17) is 4.42 Å². The largest absolute Gasteiger partial charge is 0.455 e. The lowest BCUT2D eigenvalue weighted by Crippen LogP contribution is -2.82. The Balaban J connectivity index is 1.63. The highest BCUT2D eigenvalue weighted by atomic mass is 16.3. The van der Waals surface area contributed by atoms with Gasteiger partial charge in [-0.15, -0.1) is 0 Å². The van der Waals surface area contributed by atoms with Crippen molar-refractivity contribution in [3.8, 4) is 11.3 Å². The van der Waals surface area contributed by atoms with Crippen LogP contribution in [0.15, 0.2) is 77.2 Å². The first-order valence-electron chi connectivity index (χ1n) is 7.35. The van der Waals surface area contributed by atoms with Gasteiger partial charge in [-0.25, -0.2) is 0 Å². The summed E-state index contributed by atoms with van der Waals surface area (Å²) >= 11 is 0. The summed E-state index contributed by atoms with van der Waals surface area (Å²) in [7, 11) is 0. The summed E-state index contributed by atoms with van der Waals surface area (Å²) in [5.41, 5.74) is 2.46. The lowest BCUT2D eigenvalue weighted by molar-refractivity contribution is -0.709. The second-order valence-electron chi connectivity index (χ2n) is 5.27. The molecule has 0 saturated heterocycles.